The molecule has 160 valence electrons. The molecule has 3 rings (SSSR count). The number of benzene rings is 2. The molecule has 0 bridgehead atoms. The highest BCUT2D eigenvalue weighted by Gasteiger charge is 2.43. The molecule has 2 atom stereocenters. The van der Waals surface area contributed by atoms with E-state index in [9.17, 15) is 14.7 Å². The standard InChI is InChI=1S/C24H28ClNO3S/c25-20-14-12-18(13-15-20)8-4-1-2-7-11-21(24(28)29)26-22(27)16-23(26)30-17-19-9-5-3-6-10-19/h3,5-6,9-10,12-15,21,23H,1-2,4,7-8,11,16-17H2,(H,28,29). The maximum Gasteiger partial charge on any atom is 0.326 e. The molecule has 0 radical (unpaired) electrons. The molecule has 0 aromatic heterocycles. The number of likely N-dealkylation sites (tertiary alicyclic amines) is 1. The minimum Gasteiger partial charge on any atom is -0.480 e. The van der Waals surface area contributed by atoms with Crippen LogP contribution in [0.3, 0.4) is 0 Å². The van der Waals surface area contributed by atoms with Gasteiger partial charge in [-0.1, -0.05) is 73.3 Å². The zero-order valence-electron chi connectivity index (χ0n) is 17.0. The zero-order valence-corrected chi connectivity index (χ0v) is 18.6. The number of halogens is 1. The van der Waals surface area contributed by atoms with Gasteiger partial charge in [0.15, 0.2) is 0 Å². The summed E-state index contributed by atoms with van der Waals surface area (Å²) in [7, 11) is 0. The van der Waals surface area contributed by atoms with E-state index in [1.807, 2.05) is 42.5 Å². The quantitative estimate of drug-likeness (QED) is 0.332. The highest BCUT2D eigenvalue weighted by atomic mass is 35.5. The van der Waals surface area contributed by atoms with Gasteiger partial charge < -0.3 is 10.0 Å². The van der Waals surface area contributed by atoms with Crippen LogP contribution in [0, 0.1) is 0 Å². The first-order valence-electron chi connectivity index (χ1n) is 10.5. The van der Waals surface area contributed by atoms with Crippen molar-refractivity contribution in [1.82, 2.24) is 4.90 Å². The van der Waals surface area contributed by atoms with E-state index in [1.165, 1.54) is 11.1 Å². The summed E-state index contributed by atoms with van der Waals surface area (Å²) >= 11 is 7.56. The summed E-state index contributed by atoms with van der Waals surface area (Å²) in [6.07, 6.45) is 5.86. The molecule has 2 aromatic carbocycles. The normalized spacial score (nSPS) is 16.9. The number of β-lactam (4-membered cyclic amide) rings is 1. The van der Waals surface area contributed by atoms with Crippen molar-refractivity contribution in [3.63, 3.8) is 0 Å². The maximum atomic E-state index is 12.2. The molecule has 1 aliphatic rings. The second-order valence-electron chi connectivity index (χ2n) is 7.69. The van der Waals surface area contributed by atoms with E-state index in [-0.39, 0.29) is 11.3 Å². The summed E-state index contributed by atoms with van der Waals surface area (Å²) in [6, 6.07) is 17.3. The maximum absolute atomic E-state index is 12.2. The van der Waals surface area contributed by atoms with Gasteiger partial charge in [-0.25, -0.2) is 4.79 Å². The van der Waals surface area contributed by atoms with Crippen molar-refractivity contribution in [2.45, 2.75) is 62.1 Å². The monoisotopic (exact) mass is 445 g/mol. The first kappa shape index (κ1) is 22.7. The summed E-state index contributed by atoms with van der Waals surface area (Å²) in [4.78, 5) is 25.6. The number of aryl methyl sites for hydroxylation is 1. The van der Waals surface area contributed by atoms with E-state index in [4.69, 9.17) is 11.6 Å². The van der Waals surface area contributed by atoms with Crippen molar-refractivity contribution in [3.05, 3.63) is 70.7 Å². The number of nitrogens with zero attached hydrogens (tertiary/aromatic N) is 1. The van der Waals surface area contributed by atoms with Crippen LogP contribution in [0.4, 0.5) is 0 Å². The summed E-state index contributed by atoms with van der Waals surface area (Å²) < 4.78 is 0. The number of hydrogen-bond donors (Lipinski definition) is 1. The molecular formula is C24H28ClNO3S. The van der Waals surface area contributed by atoms with Crippen molar-refractivity contribution >= 4 is 35.2 Å². The molecule has 1 saturated heterocycles. The smallest absolute Gasteiger partial charge is 0.326 e. The Balaban J connectivity index is 1.40. The van der Waals surface area contributed by atoms with Gasteiger partial charge in [0.05, 0.1) is 11.8 Å². The highest BCUT2D eigenvalue weighted by molar-refractivity contribution is 7.99. The second kappa shape index (κ2) is 11.4. The molecular weight excluding hydrogens is 418 g/mol. The van der Waals surface area contributed by atoms with E-state index >= 15 is 0 Å². The van der Waals surface area contributed by atoms with Crippen LogP contribution in [0.1, 0.15) is 49.7 Å². The number of carboxylic acids is 1. The molecule has 2 aromatic rings. The Morgan fingerprint density at radius 2 is 1.73 bits per heavy atom. The van der Waals surface area contributed by atoms with E-state index in [0.29, 0.717) is 12.8 Å². The highest BCUT2D eigenvalue weighted by Crippen LogP contribution is 2.35. The third kappa shape index (κ3) is 6.51. The third-order valence-electron chi connectivity index (χ3n) is 5.46. The number of thioether (sulfide) groups is 1. The van der Waals surface area contributed by atoms with Crippen molar-refractivity contribution in [2.75, 3.05) is 0 Å². The predicted octanol–water partition coefficient (Wildman–Crippen LogP) is 5.78. The Morgan fingerprint density at radius 1 is 1.03 bits per heavy atom. The van der Waals surface area contributed by atoms with Gasteiger partial charge in [0.2, 0.25) is 5.91 Å². The van der Waals surface area contributed by atoms with Gasteiger partial charge in [-0.05, 0) is 42.5 Å². The number of amides is 1. The first-order chi connectivity index (χ1) is 14.5. The van der Waals surface area contributed by atoms with Crippen molar-refractivity contribution in [2.24, 2.45) is 0 Å². The van der Waals surface area contributed by atoms with Crippen molar-refractivity contribution in [1.29, 1.82) is 0 Å². The van der Waals surface area contributed by atoms with Gasteiger partial charge in [0.25, 0.3) is 0 Å². The lowest BCUT2D eigenvalue weighted by molar-refractivity contribution is -0.158. The lowest BCUT2D eigenvalue weighted by atomic mass is 10.0. The summed E-state index contributed by atoms with van der Waals surface area (Å²) in [5.74, 6) is -0.156. The summed E-state index contributed by atoms with van der Waals surface area (Å²) in [5.41, 5.74) is 2.46. The SMILES string of the molecule is O=C(O)C(CCCCCCc1ccc(Cl)cc1)N1C(=O)CC1SCc1ccccc1. The molecule has 1 N–H and O–H groups in total. The number of carboxylic acid groups (broad SMARTS) is 1. The van der Waals surface area contributed by atoms with Gasteiger partial charge in [-0.3, -0.25) is 4.79 Å². The molecule has 0 aliphatic carbocycles. The van der Waals surface area contributed by atoms with E-state index in [1.54, 1.807) is 16.7 Å². The van der Waals surface area contributed by atoms with E-state index in [0.717, 1.165) is 42.9 Å². The van der Waals surface area contributed by atoms with Gasteiger partial charge in [-0.15, -0.1) is 11.8 Å². The van der Waals surface area contributed by atoms with Gasteiger partial charge in [0, 0.05) is 10.8 Å². The second-order valence-corrected chi connectivity index (χ2v) is 9.29. The topological polar surface area (TPSA) is 57.6 Å². The number of unbranched alkanes of at least 4 members (excludes halogenated alkanes) is 3. The fraction of sp³-hybridized carbons (Fsp3) is 0.417. The van der Waals surface area contributed by atoms with Crippen LogP contribution in [0.5, 0.6) is 0 Å². The molecule has 1 aliphatic heterocycles. The molecule has 0 spiro atoms. The summed E-state index contributed by atoms with van der Waals surface area (Å²) in [5, 5.41) is 10.4. The fourth-order valence-corrected chi connectivity index (χ4v) is 5.12. The Labute approximate surface area is 187 Å². The fourth-order valence-electron chi connectivity index (χ4n) is 3.73. The average molecular weight is 446 g/mol. The molecule has 30 heavy (non-hydrogen) atoms. The average Bonchev–Trinajstić information content (AvgIpc) is 2.74. The van der Waals surface area contributed by atoms with Crippen molar-refractivity contribution in [3.8, 4) is 0 Å². The number of hydrogen-bond acceptors (Lipinski definition) is 3. The number of rotatable bonds is 12. The Morgan fingerprint density at radius 3 is 2.40 bits per heavy atom. The number of carbonyl (C=O) groups excluding carboxylic acids is 1. The number of carbonyl (C=O) groups is 2. The molecule has 0 saturated carbocycles. The molecule has 4 nitrogen and oxygen atoms in total. The van der Waals surface area contributed by atoms with Crippen LogP contribution in [0.15, 0.2) is 54.6 Å². The van der Waals surface area contributed by atoms with Crippen LogP contribution in [-0.4, -0.2) is 33.3 Å². The number of aliphatic carboxylic acids is 1. The van der Waals surface area contributed by atoms with Crippen LogP contribution >= 0.6 is 23.4 Å². The van der Waals surface area contributed by atoms with Gasteiger partial charge in [-0.2, -0.15) is 0 Å². The third-order valence-corrected chi connectivity index (χ3v) is 6.99. The Bertz CT molecular complexity index is 828. The minimum atomic E-state index is -0.894. The Hall–Kier alpha value is -1.98. The lowest BCUT2D eigenvalue weighted by Gasteiger charge is -2.43. The van der Waals surface area contributed by atoms with Crippen LogP contribution in [-0.2, 0) is 21.8 Å². The molecule has 2 unspecified atom stereocenters. The molecule has 6 heteroatoms. The van der Waals surface area contributed by atoms with E-state index in [2.05, 4.69) is 12.1 Å². The Kier molecular flexibility index (Phi) is 8.64. The molecule has 1 fully saturated rings. The van der Waals surface area contributed by atoms with Crippen molar-refractivity contribution < 1.29 is 14.7 Å². The van der Waals surface area contributed by atoms with Crippen LogP contribution in [0.25, 0.3) is 0 Å². The zero-order chi connectivity index (χ0) is 21.3. The lowest BCUT2D eigenvalue weighted by Crippen LogP contribution is -2.58. The molecule has 1 amide bonds. The largest absolute Gasteiger partial charge is 0.480 e. The minimum absolute atomic E-state index is 0.0382. The van der Waals surface area contributed by atoms with E-state index < -0.39 is 12.0 Å². The molecule has 1 heterocycles. The van der Waals surface area contributed by atoms with Gasteiger partial charge >= 0.3 is 5.97 Å². The van der Waals surface area contributed by atoms with Crippen LogP contribution in [0.2, 0.25) is 5.02 Å². The first-order valence-corrected chi connectivity index (χ1v) is 11.9. The summed E-state index contributed by atoms with van der Waals surface area (Å²) in [6.45, 7) is 0. The van der Waals surface area contributed by atoms with Gasteiger partial charge in [0.1, 0.15) is 6.04 Å². The van der Waals surface area contributed by atoms with Crippen LogP contribution < -0.4 is 0 Å². The predicted molar refractivity (Wildman–Crippen MR) is 123 cm³/mol.